The number of rotatable bonds is 5. The van der Waals surface area contributed by atoms with Gasteiger partial charge < -0.3 is 10.1 Å². The third-order valence-electron chi connectivity index (χ3n) is 6.47. The van der Waals surface area contributed by atoms with Crippen LogP contribution in [0.25, 0.3) is 0 Å². The molecular formula is C23H38N4O2. The Kier molecular flexibility index (Phi) is 8.30. The molecule has 0 atom stereocenters. The zero-order valence-electron chi connectivity index (χ0n) is 18.3. The van der Waals surface area contributed by atoms with Crippen molar-refractivity contribution in [2.24, 2.45) is 0 Å². The van der Waals surface area contributed by atoms with Crippen molar-refractivity contribution in [2.45, 2.75) is 70.4 Å². The number of amides is 1. The van der Waals surface area contributed by atoms with Crippen LogP contribution in [0.1, 0.15) is 64.0 Å². The van der Waals surface area contributed by atoms with Crippen LogP contribution in [-0.4, -0.2) is 66.1 Å². The lowest BCUT2D eigenvalue weighted by atomic mass is 9.77. The van der Waals surface area contributed by atoms with E-state index in [1.54, 1.807) is 7.11 Å². The summed E-state index contributed by atoms with van der Waals surface area (Å²) in [5, 5.41) is 3.20. The average Bonchev–Trinajstić information content (AvgIpc) is 2.75. The largest absolute Gasteiger partial charge is 0.481 e. The second-order valence-electron chi connectivity index (χ2n) is 8.60. The highest BCUT2D eigenvalue weighted by Crippen LogP contribution is 2.37. The number of nitrogens with one attached hydrogen (secondary N) is 1. The van der Waals surface area contributed by atoms with Crippen molar-refractivity contribution in [3.63, 3.8) is 0 Å². The molecule has 2 aliphatic rings. The van der Waals surface area contributed by atoms with Gasteiger partial charge in [-0.3, -0.25) is 14.6 Å². The molecule has 1 N–H and O–H groups in total. The maximum Gasteiger partial charge on any atom is 0.221 e. The zero-order chi connectivity index (χ0) is 20.5. The highest BCUT2D eigenvalue weighted by atomic mass is 16.5. The molecule has 2 fully saturated rings. The van der Waals surface area contributed by atoms with Gasteiger partial charge >= 0.3 is 0 Å². The molecule has 1 aromatic rings. The summed E-state index contributed by atoms with van der Waals surface area (Å²) in [6.07, 6.45) is 9.06. The van der Waals surface area contributed by atoms with Crippen LogP contribution >= 0.6 is 0 Å². The standard InChI is InChI=1S/C23H38N4O2/c1-3-14-27-16-8-15-26(19-20-9-7-10-22(25-20)29-2)17-13-24-21(28)18-23(27)11-5-4-6-12-23/h7,9-10H,3-6,8,11-19H2,1-2H3,(H,24,28). The average molecular weight is 403 g/mol. The summed E-state index contributed by atoms with van der Waals surface area (Å²) in [4.78, 5) is 22.4. The molecule has 162 valence electrons. The van der Waals surface area contributed by atoms with Gasteiger partial charge in [-0.15, -0.1) is 0 Å². The van der Waals surface area contributed by atoms with Crippen LogP contribution in [0.5, 0.6) is 5.88 Å². The van der Waals surface area contributed by atoms with Gasteiger partial charge in [0.1, 0.15) is 0 Å². The van der Waals surface area contributed by atoms with Crippen molar-refractivity contribution in [1.82, 2.24) is 20.1 Å². The van der Waals surface area contributed by atoms with E-state index < -0.39 is 0 Å². The summed E-state index contributed by atoms with van der Waals surface area (Å²) in [6, 6.07) is 5.92. The Morgan fingerprint density at radius 2 is 1.97 bits per heavy atom. The zero-order valence-corrected chi connectivity index (χ0v) is 18.3. The Balaban J connectivity index is 1.70. The first kappa shape index (κ1) is 22.0. The molecule has 6 nitrogen and oxygen atoms in total. The molecule has 0 aromatic carbocycles. The maximum absolute atomic E-state index is 12.8. The second-order valence-corrected chi connectivity index (χ2v) is 8.60. The minimum atomic E-state index is 0.0713. The van der Waals surface area contributed by atoms with Gasteiger partial charge in [-0.05, 0) is 51.4 Å². The Hall–Kier alpha value is -1.66. The topological polar surface area (TPSA) is 57.7 Å². The molecule has 1 aromatic heterocycles. The van der Waals surface area contributed by atoms with E-state index in [1.165, 1.54) is 19.3 Å². The Morgan fingerprint density at radius 3 is 2.72 bits per heavy atom. The summed E-state index contributed by atoms with van der Waals surface area (Å²) in [5.74, 6) is 0.872. The van der Waals surface area contributed by atoms with E-state index in [0.717, 1.165) is 64.1 Å². The fourth-order valence-electron chi connectivity index (χ4n) is 5.03. The number of ether oxygens (including phenoxy) is 1. The molecule has 6 heteroatoms. The summed E-state index contributed by atoms with van der Waals surface area (Å²) >= 11 is 0. The summed E-state index contributed by atoms with van der Waals surface area (Å²) < 4.78 is 5.27. The van der Waals surface area contributed by atoms with Crippen molar-refractivity contribution in [1.29, 1.82) is 0 Å². The monoisotopic (exact) mass is 402 g/mol. The van der Waals surface area contributed by atoms with Gasteiger partial charge in [0, 0.05) is 37.7 Å². The third kappa shape index (κ3) is 6.16. The molecule has 29 heavy (non-hydrogen) atoms. The molecule has 0 bridgehead atoms. The lowest BCUT2D eigenvalue weighted by Crippen LogP contribution is -2.53. The normalized spacial score (nSPS) is 22.1. The van der Waals surface area contributed by atoms with E-state index in [4.69, 9.17) is 4.74 Å². The van der Waals surface area contributed by atoms with E-state index in [9.17, 15) is 4.79 Å². The number of hydrogen-bond acceptors (Lipinski definition) is 5. The minimum absolute atomic E-state index is 0.0713. The van der Waals surface area contributed by atoms with Crippen LogP contribution < -0.4 is 10.1 Å². The van der Waals surface area contributed by atoms with Gasteiger partial charge in [0.25, 0.3) is 0 Å². The summed E-state index contributed by atoms with van der Waals surface area (Å²) in [7, 11) is 1.65. The van der Waals surface area contributed by atoms with Crippen molar-refractivity contribution in [3.8, 4) is 5.88 Å². The molecule has 1 spiro atoms. The lowest BCUT2D eigenvalue weighted by Gasteiger charge is -2.46. The van der Waals surface area contributed by atoms with Crippen LogP contribution in [0.3, 0.4) is 0 Å². The van der Waals surface area contributed by atoms with Gasteiger partial charge in [-0.2, -0.15) is 0 Å². The van der Waals surface area contributed by atoms with Gasteiger partial charge in [0.05, 0.1) is 12.8 Å². The van der Waals surface area contributed by atoms with Gasteiger partial charge in [-0.1, -0.05) is 32.3 Å². The molecule has 3 rings (SSSR count). The smallest absolute Gasteiger partial charge is 0.221 e. The third-order valence-corrected chi connectivity index (χ3v) is 6.47. The van der Waals surface area contributed by atoms with Crippen molar-refractivity contribution >= 4 is 5.91 Å². The van der Waals surface area contributed by atoms with Gasteiger partial charge in [-0.25, -0.2) is 4.98 Å². The van der Waals surface area contributed by atoms with Crippen molar-refractivity contribution < 1.29 is 9.53 Å². The number of methoxy groups -OCH3 is 1. The second kappa shape index (κ2) is 10.9. The molecular weight excluding hydrogens is 364 g/mol. The van der Waals surface area contributed by atoms with E-state index in [-0.39, 0.29) is 11.4 Å². The molecule has 1 aliphatic heterocycles. The Bertz CT molecular complexity index is 646. The van der Waals surface area contributed by atoms with E-state index >= 15 is 0 Å². The quantitative estimate of drug-likeness (QED) is 0.820. The molecule has 1 amide bonds. The Morgan fingerprint density at radius 1 is 1.14 bits per heavy atom. The molecule has 0 radical (unpaired) electrons. The van der Waals surface area contributed by atoms with Crippen molar-refractivity contribution in [3.05, 3.63) is 23.9 Å². The van der Waals surface area contributed by atoms with E-state index in [0.29, 0.717) is 18.8 Å². The number of aromatic nitrogens is 1. The first-order valence-electron chi connectivity index (χ1n) is 11.4. The number of carbonyl (C=O) groups is 1. The van der Waals surface area contributed by atoms with Crippen LogP contribution in [0, 0.1) is 0 Å². The van der Waals surface area contributed by atoms with Crippen LogP contribution in [0.2, 0.25) is 0 Å². The maximum atomic E-state index is 12.8. The highest BCUT2D eigenvalue weighted by molar-refractivity contribution is 5.77. The molecule has 1 saturated carbocycles. The van der Waals surface area contributed by atoms with Crippen LogP contribution in [-0.2, 0) is 11.3 Å². The minimum Gasteiger partial charge on any atom is -0.481 e. The van der Waals surface area contributed by atoms with Gasteiger partial charge in [0.2, 0.25) is 11.8 Å². The highest BCUT2D eigenvalue weighted by Gasteiger charge is 2.39. The number of nitrogens with zero attached hydrogens (tertiary/aromatic N) is 3. The number of pyridine rings is 1. The Labute approximate surface area is 176 Å². The summed E-state index contributed by atoms with van der Waals surface area (Å²) in [5.41, 5.74) is 1.08. The predicted octanol–water partition coefficient (Wildman–Crippen LogP) is 3.22. The predicted molar refractivity (Wildman–Crippen MR) is 116 cm³/mol. The molecule has 2 heterocycles. The van der Waals surface area contributed by atoms with E-state index in [1.807, 2.05) is 18.2 Å². The summed E-state index contributed by atoms with van der Waals surface area (Å²) in [6.45, 7) is 7.77. The fourth-order valence-corrected chi connectivity index (χ4v) is 5.03. The first-order chi connectivity index (χ1) is 14.1. The van der Waals surface area contributed by atoms with Gasteiger partial charge in [0.15, 0.2) is 0 Å². The molecule has 1 aliphatic carbocycles. The van der Waals surface area contributed by atoms with Crippen LogP contribution in [0.15, 0.2) is 18.2 Å². The number of hydrogen-bond donors (Lipinski definition) is 1. The fraction of sp³-hybridized carbons (Fsp3) is 0.739. The van der Waals surface area contributed by atoms with Crippen molar-refractivity contribution in [2.75, 3.05) is 39.8 Å². The van der Waals surface area contributed by atoms with E-state index in [2.05, 4.69) is 27.0 Å². The first-order valence-corrected chi connectivity index (χ1v) is 11.4. The van der Waals surface area contributed by atoms with Crippen LogP contribution in [0.4, 0.5) is 0 Å². The SMILES string of the molecule is CCCN1CCCN(Cc2cccc(OC)n2)CCNC(=O)CC12CCCCC2. The lowest BCUT2D eigenvalue weighted by molar-refractivity contribution is -0.125. The molecule has 1 saturated heterocycles. The number of carbonyl (C=O) groups excluding carboxylic acids is 1. The molecule has 0 unspecified atom stereocenters.